The zero-order valence-corrected chi connectivity index (χ0v) is 16.5. The summed E-state index contributed by atoms with van der Waals surface area (Å²) in [6.45, 7) is 5.91. The molecule has 0 spiro atoms. The van der Waals surface area contributed by atoms with Crippen molar-refractivity contribution in [1.82, 2.24) is 0 Å². The second-order valence-corrected chi connectivity index (χ2v) is 6.61. The van der Waals surface area contributed by atoms with Gasteiger partial charge in [-0.2, -0.15) is 0 Å². The van der Waals surface area contributed by atoms with Crippen molar-refractivity contribution in [3.05, 3.63) is 0 Å². The van der Waals surface area contributed by atoms with Crippen LogP contribution in [-0.2, 0) is 23.8 Å². The van der Waals surface area contributed by atoms with Crippen LogP contribution in [0.2, 0.25) is 0 Å². The molecule has 25 heavy (non-hydrogen) atoms. The lowest BCUT2D eigenvalue weighted by atomic mass is 9.99. The summed E-state index contributed by atoms with van der Waals surface area (Å²) in [6.07, 6.45) is 9.66. The van der Waals surface area contributed by atoms with Gasteiger partial charge in [0, 0.05) is 26.6 Å². The number of esters is 2. The zero-order chi connectivity index (χ0) is 18.8. The monoisotopic (exact) mass is 358 g/mol. The second kappa shape index (κ2) is 17.7. The maximum atomic E-state index is 11.8. The van der Waals surface area contributed by atoms with Crippen molar-refractivity contribution in [3.63, 3.8) is 0 Å². The number of unbranched alkanes of at least 4 members (excludes halogenated alkanes) is 4. The largest absolute Gasteiger partial charge is 0.466 e. The van der Waals surface area contributed by atoms with Gasteiger partial charge in [-0.15, -0.1) is 0 Å². The minimum atomic E-state index is -0.225. The highest BCUT2D eigenvalue weighted by Gasteiger charge is 2.13. The smallest absolute Gasteiger partial charge is 0.305 e. The first-order valence-corrected chi connectivity index (χ1v) is 9.94. The van der Waals surface area contributed by atoms with E-state index in [0.29, 0.717) is 32.2 Å². The average Bonchev–Trinajstić information content (AvgIpc) is 2.60. The maximum Gasteiger partial charge on any atom is 0.305 e. The van der Waals surface area contributed by atoms with Gasteiger partial charge in [0.2, 0.25) is 0 Å². The Balaban J connectivity index is 3.80. The predicted octanol–water partition coefficient (Wildman–Crippen LogP) is 4.67. The van der Waals surface area contributed by atoms with Gasteiger partial charge in [-0.05, 0) is 31.6 Å². The Labute approximate surface area is 153 Å². The van der Waals surface area contributed by atoms with Gasteiger partial charge in [-0.1, -0.05) is 46.0 Å². The summed E-state index contributed by atoms with van der Waals surface area (Å²) < 4.78 is 15.6. The fraction of sp³-hybridized carbons (Fsp3) is 0.900. The lowest BCUT2D eigenvalue weighted by molar-refractivity contribution is -0.146. The Hall–Kier alpha value is -1.10. The first-order valence-electron chi connectivity index (χ1n) is 9.94. The van der Waals surface area contributed by atoms with E-state index in [4.69, 9.17) is 14.2 Å². The molecule has 0 amide bonds. The molecule has 0 saturated heterocycles. The Morgan fingerprint density at radius 1 is 0.760 bits per heavy atom. The topological polar surface area (TPSA) is 61.8 Å². The van der Waals surface area contributed by atoms with E-state index in [2.05, 4.69) is 13.8 Å². The molecule has 0 bridgehead atoms. The molecule has 0 rings (SSSR count). The molecule has 5 heteroatoms. The first kappa shape index (κ1) is 23.9. The molecule has 0 radical (unpaired) electrons. The fourth-order valence-electron chi connectivity index (χ4n) is 2.55. The number of hydrogen-bond acceptors (Lipinski definition) is 5. The molecule has 0 saturated carbocycles. The molecular weight excluding hydrogens is 320 g/mol. The van der Waals surface area contributed by atoms with Crippen LogP contribution in [0.4, 0.5) is 0 Å². The third-order valence-electron chi connectivity index (χ3n) is 4.20. The molecule has 0 fully saturated rings. The molecule has 0 heterocycles. The van der Waals surface area contributed by atoms with E-state index in [0.717, 1.165) is 38.5 Å². The van der Waals surface area contributed by atoms with Crippen LogP contribution < -0.4 is 0 Å². The molecule has 0 aromatic heterocycles. The van der Waals surface area contributed by atoms with E-state index in [1.807, 2.05) is 0 Å². The van der Waals surface area contributed by atoms with Crippen LogP contribution in [0.3, 0.4) is 0 Å². The standard InChI is InChI=1S/C20H38O5/c1-4-6-8-11-18(14-16-23-3)17-25-20(22)13-10-12-19(21)24-15-9-7-5-2/h18H,4-17H2,1-3H3. The normalized spacial score (nSPS) is 12.0. The van der Waals surface area contributed by atoms with Crippen LogP contribution >= 0.6 is 0 Å². The van der Waals surface area contributed by atoms with Crippen molar-refractivity contribution in [3.8, 4) is 0 Å². The predicted molar refractivity (Wildman–Crippen MR) is 99.4 cm³/mol. The summed E-state index contributed by atoms with van der Waals surface area (Å²) in [5.41, 5.74) is 0. The third kappa shape index (κ3) is 16.1. The van der Waals surface area contributed by atoms with Crippen molar-refractivity contribution in [2.75, 3.05) is 26.9 Å². The summed E-state index contributed by atoms with van der Waals surface area (Å²) in [5.74, 6) is -0.0860. The minimum Gasteiger partial charge on any atom is -0.466 e. The molecule has 0 aromatic rings. The van der Waals surface area contributed by atoms with E-state index in [-0.39, 0.29) is 24.8 Å². The number of hydrogen-bond donors (Lipinski definition) is 0. The number of methoxy groups -OCH3 is 1. The van der Waals surface area contributed by atoms with Gasteiger partial charge in [-0.3, -0.25) is 9.59 Å². The van der Waals surface area contributed by atoms with Crippen LogP contribution in [-0.4, -0.2) is 38.9 Å². The number of carbonyl (C=O) groups is 2. The number of carbonyl (C=O) groups excluding carboxylic acids is 2. The highest BCUT2D eigenvalue weighted by atomic mass is 16.5. The van der Waals surface area contributed by atoms with Crippen LogP contribution in [0.5, 0.6) is 0 Å². The van der Waals surface area contributed by atoms with Gasteiger partial charge in [0.05, 0.1) is 13.2 Å². The Kier molecular flexibility index (Phi) is 16.9. The molecular formula is C20H38O5. The van der Waals surface area contributed by atoms with Crippen LogP contribution in [0, 0.1) is 5.92 Å². The van der Waals surface area contributed by atoms with E-state index >= 15 is 0 Å². The SMILES string of the molecule is CCCCCOC(=O)CCCC(=O)OCC(CCCCC)CCOC. The summed E-state index contributed by atoms with van der Waals surface area (Å²) in [7, 11) is 1.69. The molecule has 5 nitrogen and oxygen atoms in total. The molecule has 0 aliphatic heterocycles. The molecule has 148 valence electrons. The minimum absolute atomic E-state index is 0.221. The summed E-state index contributed by atoms with van der Waals surface area (Å²) >= 11 is 0. The maximum absolute atomic E-state index is 11.8. The van der Waals surface area contributed by atoms with Gasteiger partial charge in [0.1, 0.15) is 0 Å². The average molecular weight is 359 g/mol. The van der Waals surface area contributed by atoms with Crippen LogP contribution in [0.25, 0.3) is 0 Å². The molecule has 0 N–H and O–H groups in total. The molecule has 1 unspecified atom stereocenters. The van der Waals surface area contributed by atoms with Gasteiger partial charge >= 0.3 is 11.9 Å². The Morgan fingerprint density at radius 3 is 2.04 bits per heavy atom. The van der Waals surface area contributed by atoms with Gasteiger partial charge in [0.15, 0.2) is 0 Å². The Bertz CT molecular complexity index is 330. The molecule has 0 aliphatic rings. The van der Waals surface area contributed by atoms with Gasteiger partial charge in [0.25, 0.3) is 0 Å². The van der Waals surface area contributed by atoms with Crippen LogP contribution in [0.15, 0.2) is 0 Å². The Morgan fingerprint density at radius 2 is 1.40 bits per heavy atom. The fourth-order valence-corrected chi connectivity index (χ4v) is 2.55. The lowest BCUT2D eigenvalue weighted by Gasteiger charge is -2.16. The first-order chi connectivity index (χ1) is 12.1. The number of ether oxygens (including phenoxy) is 3. The third-order valence-corrected chi connectivity index (χ3v) is 4.20. The summed E-state index contributed by atoms with van der Waals surface area (Å²) in [5, 5.41) is 0. The van der Waals surface area contributed by atoms with Gasteiger partial charge < -0.3 is 14.2 Å². The van der Waals surface area contributed by atoms with Crippen molar-refractivity contribution >= 4 is 11.9 Å². The van der Waals surface area contributed by atoms with E-state index in [9.17, 15) is 9.59 Å². The van der Waals surface area contributed by atoms with Crippen LogP contribution in [0.1, 0.15) is 84.5 Å². The molecule has 0 aliphatic carbocycles. The van der Waals surface area contributed by atoms with Crippen molar-refractivity contribution in [1.29, 1.82) is 0 Å². The van der Waals surface area contributed by atoms with Gasteiger partial charge in [-0.25, -0.2) is 0 Å². The van der Waals surface area contributed by atoms with Crippen molar-refractivity contribution in [2.45, 2.75) is 84.5 Å². The van der Waals surface area contributed by atoms with Crippen molar-refractivity contribution < 1.29 is 23.8 Å². The summed E-state index contributed by atoms with van der Waals surface area (Å²) in [4.78, 5) is 23.4. The highest BCUT2D eigenvalue weighted by Crippen LogP contribution is 2.15. The zero-order valence-electron chi connectivity index (χ0n) is 16.5. The van der Waals surface area contributed by atoms with Crippen molar-refractivity contribution in [2.24, 2.45) is 5.92 Å². The number of rotatable bonds is 17. The quantitative estimate of drug-likeness (QED) is 0.279. The highest BCUT2D eigenvalue weighted by molar-refractivity contribution is 5.72. The molecule has 1 atom stereocenters. The molecule has 0 aromatic carbocycles. The van der Waals surface area contributed by atoms with E-state index in [1.54, 1.807) is 7.11 Å². The van der Waals surface area contributed by atoms with E-state index in [1.165, 1.54) is 12.8 Å². The lowest BCUT2D eigenvalue weighted by Crippen LogP contribution is -2.16. The summed E-state index contributed by atoms with van der Waals surface area (Å²) in [6, 6.07) is 0. The van der Waals surface area contributed by atoms with E-state index < -0.39 is 0 Å². The second-order valence-electron chi connectivity index (χ2n) is 6.61.